The molecule has 0 spiro atoms. The van der Waals surface area contributed by atoms with E-state index in [1.807, 2.05) is 18.4 Å². The summed E-state index contributed by atoms with van der Waals surface area (Å²) in [7, 11) is 0. The van der Waals surface area contributed by atoms with Gasteiger partial charge in [-0.15, -0.1) is 0 Å². The maximum absolute atomic E-state index is 11.6. The highest BCUT2D eigenvalue weighted by Crippen LogP contribution is 2.32. The number of imidazole rings is 1. The summed E-state index contributed by atoms with van der Waals surface area (Å²) in [6, 6.07) is 0. The van der Waals surface area contributed by atoms with Crippen molar-refractivity contribution >= 4 is 23.0 Å². The number of hydrogen-bond acceptors (Lipinski definition) is 7. The summed E-state index contributed by atoms with van der Waals surface area (Å²) >= 11 is 0. The molecule has 1 aliphatic heterocycles. The normalized spacial score (nSPS) is 22.9. The first-order valence-corrected chi connectivity index (χ1v) is 9.35. The zero-order valence-corrected chi connectivity index (χ0v) is 15.2. The number of ether oxygens (including phenoxy) is 2. The smallest absolute Gasteiger partial charge is 0.308 e. The summed E-state index contributed by atoms with van der Waals surface area (Å²) in [6.45, 7) is 4.88. The average Bonchev–Trinajstić information content (AvgIpc) is 3.17. The number of hydrogen-bond donors (Lipinski definition) is 1. The number of esters is 1. The molecule has 0 unspecified atom stereocenters. The molecular formula is C18H25N5O3. The topological polar surface area (TPSA) is 91.2 Å². The molecule has 3 heterocycles. The second kappa shape index (κ2) is 7.19. The minimum Gasteiger partial charge on any atom is -0.463 e. The van der Waals surface area contributed by atoms with Crippen molar-refractivity contribution in [2.75, 3.05) is 18.5 Å². The number of nitrogens with zero attached hydrogens (tertiary/aromatic N) is 4. The van der Waals surface area contributed by atoms with Crippen LogP contribution in [0.15, 0.2) is 12.7 Å². The summed E-state index contributed by atoms with van der Waals surface area (Å²) in [5.41, 5.74) is 1.54. The Morgan fingerprint density at radius 2 is 2.15 bits per heavy atom. The van der Waals surface area contributed by atoms with Crippen molar-refractivity contribution in [3.05, 3.63) is 12.7 Å². The van der Waals surface area contributed by atoms with E-state index in [-0.39, 0.29) is 24.2 Å². The summed E-state index contributed by atoms with van der Waals surface area (Å²) < 4.78 is 13.3. The largest absolute Gasteiger partial charge is 0.463 e. The molecule has 2 aromatic heterocycles. The fourth-order valence-corrected chi connectivity index (χ4v) is 3.11. The fraction of sp³-hybridized carbons (Fsp3) is 0.667. The van der Waals surface area contributed by atoms with Crippen LogP contribution < -0.4 is 5.32 Å². The van der Waals surface area contributed by atoms with E-state index in [0.29, 0.717) is 6.61 Å². The van der Waals surface area contributed by atoms with Crippen molar-refractivity contribution in [3.63, 3.8) is 0 Å². The van der Waals surface area contributed by atoms with Crippen molar-refractivity contribution < 1.29 is 14.3 Å². The molecule has 2 fully saturated rings. The van der Waals surface area contributed by atoms with Gasteiger partial charge in [0, 0.05) is 6.54 Å². The number of fused-ring (bicyclic) bond motifs is 1. The predicted octanol–water partition coefficient (Wildman–Crippen LogP) is 2.53. The van der Waals surface area contributed by atoms with E-state index in [2.05, 4.69) is 20.3 Å². The molecule has 1 N–H and O–H groups in total. The van der Waals surface area contributed by atoms with Crippen LogP contribution in [0.2, 0.25) is 0 Å². The third kappa shape index (κ3) is 3.65. The number of aromatic nitrogens is 4. The SMILES string of the molecule is CC(C)C(=O)OC[C@@H]1CC[C@H](n2cnc3c(NCC4CC4)ncnc32)O1. The predicted molar refractivity (Wildman–Crippen MR) is 95.5 cm³/mol. The molecule has 2 aliphatic rings. The van der Waals surface area contributed by atoms with Crippen LogP contribution in [-0.2, 0) is 14.3 Å². The number of anilines is 1. The van der Waals surface area contributed by atoms with E-state index in [4.69, 9.17) is 9.47 Å². The van der Waals surface area contributed by atoms with Gasteiger partial charge in [-0.1, -0.05) is 13.8 Å². The molecule has 2 atom stereocenters. The minimum absolute atomic E-state index is 0.0885. The average molecular weight is 359 g/mol. The van der Waals surface area contributed by atoms with E-state index in [1.165, 1.54) is 12.8 Å². The lowest BCUT2D eigenvalue weighted by atomic mass is 10.2. The molecular weight excluding hydrogens is 334 g/mol. The van der Waals surface area contributed by atoms with Crippen molar-refractivity contribution in [2.45, 2.75) is 51.9 Å². The van der Waals surface area contributed by atoms with E-state index in [9.17, 15) is 4.79 Å². The lowest BCUT2D eigenvalue weighted by Gasteiger charge is -2.16. The second-order valence-corrected chi connectivity index (χ2v) is 7.45. The molecule has 1 saturated carbocycles. The monoisotopic (exact) mass is 359 g/mol. The van der Waals surface area contributed by atoms with Gasteiger partial charge in [-0.25, -0.2) is 15.0 Å². The summed E-state index contributed by atoms with van der Waals surface area (Å²) in [4.78, 5) is 24.8. The Morgan fingerprint density at radius 3 is 2.92 bits per heavy atom. The zero-order valence-electron chi connectivity index (χ0n) is 15.2. The van der Waals surface area contributed by atoms with Gasteiger partial charge in [-0.3, -0.25) is 9.36 Å². The maximum Gasteiger partial charge on any atom is 0.308 e. The molecule has 0 aromatic carbocycles. The van der Waals surface area contributed by atoms with Gasteiger partial charge in [0.1, 0.15) is 19.2 Å². The van der Waals surface area contributed by atoms with Crippen molar-refractivity contribution in [1.29, 1.82) is 0 Å². The summed E-state index contributed by atoms with van der Waals surface area (Å²) in [5.74, 6) is 1.22. The van der Waals surface area contributed by atoms with Crippen LogP contribution in [0.25, 0.3) is 11.2 Å². The van der Waals surface area contributed by atoms with E-state index < -0.39 is 0 Å². The van der Waals surface area contributed by atoms with Crippen molar-refractivity contribution in [3.8, 4) is 0 Å². The summed E-state index contributed by atoms with van der Waals surface area (Å²) in [5, 5.41) is 3.38. The third-order valence-corrected chi connectivity index (χ3v) is 4.89. The van der Waals surface area contributed by atoms with E-state index in [0.717, 1.165) is 42.3 Å². The van der Waals surface area contributed by atoms with Gasteiger partial charge < -0.3 is 14.8 Å². The first kappa shape index (κ1) is 17.2. The van der Waals surface area contributed by atoms with Crippen LogP contribution in [0.3, 0.4) is 0 Å². The Hall–Kier alpha value is -2.22. The molecule has 0 bridgehead atoms. The molecule has 1 saturated heterocycles. The van der Waals surface area contributed by atoms with Gasteiger partial charge in [0.05, 0.1) is 18.3 Å². The number of rotatable bonds is 7. The van der Waals surface area contributed by atoms with Crippen LogP contribution >= 0.6 is 0 Å². The second-order valence-electron chi connectivity index (χ2n) is 7.45. The molecule has 8 heteroatoms. The highest BCUT2D eigenvalue weighted by atomic mass is 16.6. The molecule has 1 aliphatic carbocycles. The van der Waals surface area contributed by atoms with Crippen LogP contribution in [0.1, 0.15) is 45.8 Å². The van der Waals surface area contributed by atoms with Crippen LogP contribution in [-0.4, -0.2) is 44.7 Å². The van der Waals surface area contributed by atoms with Crippen LogP contribution in [0, 0.1) is 11.8 Å². The first-order valence-electron chi connectivity index (χ1n) is 9.35. The van der Waals surface area contributed by atoms with E-state index in [1.54, 1.807) is 12.7 Å². The number of nitrogens with one attached hydrogen (secondary N) is 1. The molecule has 0 radical (unpaired) electrons. The Labute approximate surface area is 152 Å². The highest BCUT2D eigenvalue weighted by molar-refractivity contribution is 5.82. The molecule has 0 amide bonds. The number of carbonyl (C=O) groups is 1. The van der Waals surface area contributed by atoms with Gasteiger partial charge in [0.15, 0.2) is 17.0 Å². The van der Waals surface area contributed by atoms with Gasteiger partial charge in [-0.2, -0.15) is 0 Å². The third-order valence-electron chi connectivity index (χ3n) is 4.89. The lowest BCUT2D eigenvalue weighted by Crippen LogP contribution is -2.21. The van der Waals surface area contributed by atoms with Gasteiger partial charge >= 0.3 is 5.97 Å². The van der Waals surface area contributed by atoms with Gasteiger partial charge in [0.25, 0.3) is 0 Å². The Kier molecular flexibility index (Phi) is 4.76. The van der Waals surface area contributed by atoms with E-state index >= 15 is 0 Å². The van der Waals surface area contributed by atoms with Crippen molar-refractivity contribution in [2.24, 2.45) is 11.8 Å². The Morgan fingerprint density at radius 1 is 1.31 bits per heavy atom. The maximum atomic E-state index is 11.6. The van der Waals surface area contributed by atoms with Gasteiger partial charge in [0.2, 0.25) is 0 Å². The molecule has 8 nitrogen and oxygen atoms in total. The van der Waals surface area contributed by atoms with Crippen LogP contribution in [0.4, 0.5) is 5.82 Å². The minimum atomic E-state index is -0.191. The Bertz CT molecular complexity index is 786. The van der Waals surface area contributed by atoms with Crippen molar-refractivity contribution in [1.82, 2.24) is 19.5 Å². The molecule has 2 aromatic rings. The standard InChI is InChI=1S/C18H25N5O3/c1-11(2)18(24)25-8-13-5-6-14(26-13)23-10-22-15-16(19-7-12-3-4-12)20-9-21-17(15)23/h9-14H,3-8H2,1-2H3,(H,19,20,21)/t13-,14+/m0/s1. The molecule has 26 heavy (non-hydrogen) atoms. The quantitative estimate of drug-likeness (QED) is 0.760. The molecule has 4 rings (SSSR count). The lowest BCUT2D eigenvalue weighted by molar-refractivity contribution is -0.152. The van der Waals surface area contributed by atoms with Crippen LogP contribution in [0.5, 0.6) is 0 Å². The summed E-state index contributed by atoms with van der Waals surface area (Å²) in [6.07, 6.45) is 7.34. The first-order chi connectivity index (χ1) is 12.6. The highest BCUT2D eigenvalue weighted by Gasteiger charge is 2.29. The number of carbonyl (C=O) groups excluding carboxylic acids is 1. The zero-order chi connectivity index (χ0) is 18.1. The fourth-order valence-electron chi connectivity index (χ4n) is 3.11. The Balaban J connectivity index is 1.42. The molecule has 140 valence electrons. The van der Waals surface area contributed by atoms with Gasteiger partial charge in [-0.05, 0) is 31.6 Å².